The summed E-state index contributed by atoms with van der Waals surface area (Å²) in [6.07, 6.45) is -0.947. The van der Waals surface area contributed by atoms with E-state index >= 15 is 0 Å². The third-order valence-corrected chi connectivity index (χ3v) is 4.64. The van der Waals surface area contributed by atoms with Crippen molar-refractivity contribution in [3.63, 3.8) is 0 Å². The third kappa shape index (κ3) is 3.00. The number of halogens is 1. The number of fused-ring (bicyclic) bond motifs is 1. The zero-order valence-electron chi connectivity index (χ0n) is 14.3. The van der Waals surface area contributed by atoms with E-state index < -0.39 is 12.1 Å². The lowest BCUT2D eigenvalue weighted by Gasteiger charge is -2.42. The summed E-state index contributed by atoms with van der Waals surface area (Å²) in [5.74, 6) is -0.971. The van der Waals surface area contributed by atoms with Gasteiger partial charge in [0.25, 0.3) is 5.91 Å². The van der Waals surface area contributed by atoms with Gasteiger partial charge in [-0.25, -0.2) is 4.39 Å². The zero-order valence-corrected chi connectivity index (χ0v) is 14.3. The van der Waals surface area contributed by atoms with E-state index in [1.165, 1.54) is 18.2 Å². The predicted octanol–water partition coefficient (Wildman–Crippen LogP) is 4.08. The number of para-hydroxylation sites is 2. The van der Waals surface area contributed by atoms with Crippen LogP contribution in [0.25, 0.3) is 0 Å². The summed E-state index contributed by atoms with van der Waals surface area (Å²) >= 11 is 0. The first-order valence-corrected chi connectivity index (χ1v) is 8.46. The molecule has 5 nitrogen and oxygen atoms in total. The van der Waals surface area contributed by atoms with Crippen molar-refractivity contribution in [3.05, 3.63) is 95.3 Å². The average molecular weight is 364 g/mol. The summed E-state index contributed by atoms with van der Waals surface area (Å²) in [7, 11) is 0. The molecule has 0 aromatic heterocycles. The van der Waals surface area contributed by atoms with Crippen LogP contribution in [0.2, 0.25) is 0 Å². The van der Waals surface area contributed by atoms with Crippen LogP contribution in [0, 0.1) is 5.82 Å². The standard InChI is InChI=1S/C21H17FN2O3/c22-15-7-5-6-14(12-15)13-23-18-10-3-1-8-16(18)21(26)24(27)20(23)17-9-2-4-11-19(17)25/h1-12,20,25,27H,13H2. The summed E-state index contributed by atoms with van der Waals surface area (Å²) in [5, 5.41) is 21.5. The number of carbonyl (C=O) groups excluding carboxylic acids is 1. The van der Waals surface area contributed by atoms with E-state index in [9.17, 15) is 19.5 Å². The number of anilines is 1. The first-order chi connectivity index (χ1) is 13.1. The van der Waals surface area contributed by atoms with Crippen molar-refractivity contribution < 1.29 is 19.5 Å². The number of aromatic hydroxyl groups is 1. The molecule has 1 atom stereocenters. The van der Waals surface area contributed by atoms with E-state index in [1.54, 1.807) is 59.5 Å². The van der Waals surface area contributed by atoms with Crippen molar-refractivity contribution in [2.24, 2.45) is 0 Å². The van der Waals surface area contributed by atoms with Crippen LogP contribution in [0.4, 0.5) is 10.1 Å². The van der Waals surface area contributed by atoms with Crippen LogP contribution in [0.5, 0.6) is 5.75 Å². The van der Waals surface area contributed by atoms with Crippen LogP contribution in [0.1, 0.15) is 27.7 Å². The van der Waals surface area contributed by atoms with Crippen molar-refractivity contribution in [2.75, 3.05) is 4.90 Å². The van der Waals surface area contributed by atoms with E-state index in [-0.39, 0.29) is 18.1 Å². The molecule has 2 N–H and O–H groups in total. The first kappa shape index (κ1) is 17.1. The second-order valence-corrected chi connectivity index (χ2v) is 6.36. The number of phenolic OH excluding ortho intramolecular Hbond substituents is 1. The second-order valence-electron chi connectivity index (χ2n) is 6.36. The van der Waals surface area contributed by atoms with E-state index in [2.05, 4.69) is 0 Å². The Morgan fingerprint density at radius 1 is 0.963 bits per heavy atom. The van der Waals surface area contributed by atoms with Crippen molar-refractivity contribution in [1.29, 1.82) is 0 Å². The largest absolute Gasteiger partial charge is 0.508 e. The number of rotatable bonds is 3. The summed E-state index contributed by atoms with van der Waals surface area (Å²) in [6.45, 7) is 0.234. The summed E-state index contributed by atoms with van der Waals surface area (Å²) < 4.78 is 13.7. The molecule has 1 aliphatic heterocycles. The molecule has 3 aromatic carbocycles. The maximum Gasteiger partial charge on any atom is 0.281 e. The van der Waals surface area contributed by atoms with Gasteiger partial charge in [0.15, 0.2) is 6.17 Å². The number of carbonyl (C=O) groups is 1. The Morgan fingerprint density at radius 2 is 1.70 bits per heavy atom. The molecule has 1 unspecified atom stereocenters. The molecule has 6 heteroatoms. The third-order valence-electron chi connectivity index (χ3n) is 4.64. The van der Waals surface area contributed by atoms with Crippen LogP contribution in [0.3, 0.4) is 0 Å². The molecule has 0 spiro atoms. The molecule has 0 saturated carbocycles. The number of nitrogens with zero attached hydrogens (tertiary/aromatic N) is 2. The molecule has 27 heavy (non-hydrogen) atoms. The molecule has 1 heterocycles. The number of hydroxylamine groups is 2. The Morgan fingerprint density at radius 3 is 2.48 bits per heavy atom. The number of hydrogen-bond donors (Lipinski definition) is 2. The van der Waals surface area contributed by atoms with Crippen LogP contribution in [0.15, 0.2) is 72.8 Å². The van der Waals surface area contributed by atoms with Crippen LogP contribution in [-0.4, -0.2) is 21.3 Å². The Balaban J connectivity index is 1.87. The Hall–Kier alpha value is -3.38. The Kier molecular flexibility index (Phi) is 4.25. The fourth-order valence-corrected chi connectivity index (χ4v) is 3.41. The lowest BCUT2D eigenvalue weighted by Crippen LogP contribution is -2.47. The van der Waals surface area contributed by atoms with Gasteiger partial charge in [0.1, 0.15) is 11.6 Å². The normalized spacial score (nSPS) is 16.4. The Labute approximate surface area is 155 Å². The highest BCUT2D eigenvalue weighted by Crippen LogP contribution is 2.41. The Bertz CT molecular complexity index is 1010. The van der Waals surface area contributed by atoms with E-state index in [0.29, 0.717) is 27.4 Å². The number of amides is 1. The SMILES string of the molecule is O=C1c2ccccc2N(Cc2cccc(F)c2)C(c2ccccc2O)N1O. The minimum Gasteiger partial charge on any atom is -0.508 e. The maximum absolute atomic E-state index is 13.7. The van der Waals surface area contributed by atoms with E-state index in [0.717, 1.165) is 0 Å². The van der Waals surface area contributed by atoms with Crippen LogP contribution < -0.4 is 4.90 Å². The van der Waals surface area contributed by atoms with E-state index in [1.807, 2.05) is 0 Å². The quantitative estimate of drug-likeness (QED) is 0.688. The van der Waals surface area contributed by atoms with E-state index in [4.69, 9.17) is 0 Å². The summed E-state index contributed by atoms with van der Waals surface area (Å²) in [4.78, 5) is 14.4. The van der Waals surface area contributed by atoms with Gasteiger partial charge < -0.3 is 10.0 Å². The van der Waals surface area contributed by atoms with Crippen molar-refractivity contribution in [2.45, 2.75) is 12.7 Å². The lowest BCUT2D eigenvalue weighted by molar-refractivity contribution is -0.0945. The number of phenols is 1. The van der Waals surface area contributed by atoms with Crippen LogP contribution >= 0.6 is 0 Å². The number of benzene rings is 3. The average Bonchev–Trinajstić information content (AvgIpc) is 2.67. The van der Waals surface area contributed by atoms with Gasteiger partial charge in [0.05, 0.1) is 11.3 Å². The van der Waals surface area contributed by atoms with Gasteiger partial charge in [0, 0.05) is 12.1 Å². The molecular formula is C21H17FN2O3. The fraction of sp³-hybridized carbons (Fsp3) is 0.0952. The van der Waals surface area contributed by atoms with Crippen molar-refractivity contribution >= 4 is 11.6 Å². The van der Waals surface area contributed by atoms with Crippen molar-refractivity contribution in [1.82, 2.24) is 5.06 Å². The maximum atomic E-state index is 13.7. The molecule has 0 bridgehead atoms. The smallest absolute Gasteiger partial charge is 0.281 e. The van der Waals surface area contributed by atoms with Gasteiger partial charge in [-0.1, -0.05) is 42.5 Å². The van der Waals surface area contributed by atoms with Crippen molar-refractivity contribution in [3.8, 4) is 5.75 Å². The van der Waals surface area contributed by atoms with Gasteiger partial charge in [-0.05, 0) is 35.9 Å². The van der Waals surface area contributed by atoms with Crippen LogP contribution in [-0.2, 0) is 6.54 Å². The highest BCUT2D eigenvalue weighted by molar-refractivity contribution is 6.01. The lowest BCUT2D eigenvalue weighted by atomic mass is 10.0. The molecule has 0 saturated heterocycles. The van der Waals surface area contributed by atoms with Gasteiger partial charge >= 0.3 is 0 Å². The highest BCUT2D eigenvalue weighted by Gasteiger charge is 2.39. The molecule has 136 valence electrons. The van der Waals surface area contributed by atoms with Gasteiger partial charge in [-0.15, -0.1) is 0 Å². The van der Waals surface area contributed by atoms with Gasteiger partial charge in [0.2, 0.25) is 0 Å². The summed E-state index contributed by atoms with van der Waals surface area (Å²) in [6, 6.07) is 19.6. The van der Waals surface area contributed by atoms with Gasteiger partial charge in [-0.3, -0.25) is 10.0 Å². The topological polar surface area (TPSA) is 64.0 Å². The monoisotopic (exact) mass is 364 g/mol. The minimum atomic E-state index is -0.947. The molecule has 3 aromatic rings. The molecule has 1 amide bonds. The molecule has 0 aliphatic carbocycles. The minimum absolute atomic E-state index is 0.0435. The molecule has 4 rings (SSSR count). The zero-order chi connectivity index (χ0) is 19.0. The predicted molar refractivity (Wildman–Crippen MR) is 97.8 cm³/mol. The summed E-state index contributed by atoms with van der Waals surface area (Å²) in [5.41, 5.74) is 1.99. The molecule has 1 aliphatic rings. The fourth-order valence-electron chi connectivity index (χ4n) is 3.41. The second kappa shape index (κ2) is 6.74. The number of hydrogen-bond acceptors (Lipinski definition) is 4. The molecular weight excluding hydrogens is 347 g/mol. The molecule has 0 fully saturated rings. The van der Waals surface area contributed by atoms with Gasteiger partial charge in [-0.2, -0.15) is 5.06 Å². The molecule has 0 radical (unpaired) electrons. The highest BCUT2D eigenvalue weighted by atomic mass is 19.1. The first-order valence-electron chi connectivity index (χ1n) is 8.46.